The van der Waals surface area contributed by atoms with Crippen LogP contribution in [0.2, 0.25) is 0 Å². The molecule has 0 unspecified atom stereocenters. The van der Waals surface area contributed by atoms with E-state index in [-0.39, 0.29) is 0 Å². The lowest BCUT2D eigenvalue weighted by molar-refractivity contribution is 0.0698. The molecule has 2 N–H and O–H groups in total. The zero-order valence-electron chi connectivity index (χ0n) is 13.7. The number of aliphatic imine (C=N–C) groups is 1. The summed E-state index contributed by atoms with van der Waals surface area (Å²) >= 11 is 0. The van der Waals surface area contributed by atoms with Crippen molar-refractivity contribution >= 4 is 5.96 Å². The molecule has 0 aliphatic rings. The summed E-state index contributed by atoms with van der Waals surface area (Å²) in [7, 11) is 3.30. The predicted molar refractivity (Wildman–Crippen MR) is 86.7 cm³/mol. The molecule has 0 saturated carbocycles. The average Bonchev–Trinajstić information content (AvgIpc) is 2.56. The van der Waals surface area contributed by atoms with E-state index in [2.05, 4.69) is 15.6 Å². The zero-order chi connectivity index (χ0) is 16.9. The van der Waals surface area contributed by atoms with Crippen LogP contribution in [0, 0.1) is 11.6 Å². The van der Waals surface area contributed by atoms with Crippen molar-refractivity contribution in [2.24, 2.45) is 4.99 Å². The second kappa shape index (κ2) is 11.8. The lowest BCUT2D eigenvalue weighted by atomic mass is 10.1. The molecular formula is C16H25F2N3O2. The fourth-order valence-corrected chi connectivity index (χ4v) is 1.90. The largest absolute Gasteiger partial charge is 0.382 e. The van der Waals surface area contributed by atoms with Crippen LogP contribution in [0.25, 0.3) is 0 Å². The lowest BCUT2D eigenvalue weighted by Crippen LogP contribution is -2.39. The molecule has 0 amide bonds. The van der Waals surface area contributed by atoms with Crippen molar-refractivity contribution in [1.82, 2.24) is 10.6 Å². The third kappa shape index (κ3) is 7.90. The number of ether oxygens (including phenoxy) is 2. The number of nitrogens with one attached hydrogen (secondary N) is 2. The maximum absolute atomic E-state index is 13.5. The Morgan fingerprint density at radius 2 is 1.91 bits per heavy atom. The van der Waals surface area contributed by atoms with Crippen molar-refractivity contribution in [3.8, 4) is 0 Å². The topological polar surface area (TPSA) is 54.9 Å². The fourth-order valence-electron chi connectivity index (χ4n) is 1.90. The van der Waals surface area contributed by atoms with Gasteiger partial charge in [0.05, 0.1) is 13.2 Å². The Kier molecular flexibility index (Phi) is 9.90. The number of hydrogen-bond donors (Lipinski definition) is 2. The summed E-state index contributed by atoms with van der Waals surface area (Å²) in [5.41, 5.74) is 0.347. The van der Waals surface area contributed by atoms with Crippen LogP contribution in [-0.2, 0) is 15.9 Å². The number of guanidine groups is 1. The summed E-state index contributed by atoms with van der Waals surface area (Å²) in [4.78, 5) is 4.07. The molecule has 0 aliphatic heterocycles. The van der Waals surface area contributed by atoms with Gasteiger partial charge < -0.3 is 20.1 Å². The number of nitrogens with zero attached hydrogens (tertiary/aromatic N) is 1. The maximum Gasteiger partial charge on any atom is 0.190 e. The number of hydrogen-bond acceptors (Lipinski definition) is 3. The molecule has 0 saturated heterocycles. The molecule has 130 valence electrons. The molecule has 0 heterocycles. The van der Waals surface area contributed by atoms with E-state index < -0.39 is 11.6 Å². The van der Waals surface area contributed by atoms with Gasteiger partial charge in [-0.25, -0.2) is 8.78 Å². The van der Waals surface area contributed by atoms with Crippen LogP contribution in [0.4, 0.5) is 8.78 Å². The van der Waals surface area contributed by atoms with Gasteiger partial charge in [0.1, 0.15) is 0 Å². The van der Waals surface area contributed by atoms with Crippen LogP contribution < -0.4 is 10.6 Å². The van der Waals surface area contributed by atoms with Gasteiger partial charge >= 0.3 is 0 Å². The third-order valence-electron chi connectivity index (χ3n) is 3.13. The van der Waals surface area contributed by atoms with Gasteiger partial charge in [-0.05, 0) is 24.5 Å². The van der Waals surface area contributed by atoms with E-state index >= 15 is 0 Å². The molecule has 5 nitrogen and oxygen atoms in total. The Morgan fingerprint density at radius 1 is 1.13 bits per heavy atom. The molecular weight excluding hydrogens is 304 g/mol. The molecule has 7 heteroatoms. The van der Waals surface area contributed by atoms with Gasteiger partial charge in [-0.1, -0.05) is 12.1 Å². The second-order valence-electron chi connectivity index (χ2n) is 4.85. The Labute approximate surface area is 136 Å². The Balaban J connectivity index is 2.18. The van der Waals surface area contributed by atoms with Crippen molar-refractivity contribution in [2.75, 3.05) is 47.1 Å². The van der Waals surface area contributed by atoms with Crippen molar-refractivity contribution in [1.29, 1.82) is 0 Å². The van der Waals surface area contributed by atoms with Crippen molar-refractivity contribution in [2.45, 2.75) is 12.8 Å². The van der Waals surface area contributed by atoms with Crippen molar-refractivity contribution in [3.05, 3.63) is 35.4 Å². The Hall–Kier alpha value is -1.73. The van der Waals surface area contributed by atoms with Crippen LogP contribution in [0.3, 0.4) is 0 Å². The van der Waals surface area contributed by atoms with E-state index in [1.54, 1.807) is 20.2 Å². The SMILES string of the molecule is CN=C(NCCCOCCOC)NCCc1cccc(F)c1F. The van der Waals surface area contributed by atoms with E-state index in [0.717, 1.165) is 12.5 Å². The fraction of sp³-hybridized carbons (Fsp3) is 0.562. The number of halogens is 2. The number of methoxy groups -OCH3 is 1. The molecule has 0 spiro atoms. The molecule has 0 aromatic heterocycles. The van der Waals surface area contributed by atoms with Gasteiger partial charge in [0, 0.05) is 33.9 Å². The molecule has 0 radical (unpaired) electrons. The molecule has 23 heavy (non-hydrogen) atoms. The Morgan fingerprint density at radius 3 is 2.65 bits per heavy atom. The van der Waals surface area contributed by atoms with E-state index in [1.807, 2.05) is 0 Å². The standard InChI is InChI=1S/C16H25F2N3O2/c1-19-16(20-8-4-10-23-12-11-22-2)21-9-7-13-5-3-6-14(17)15(13)18/h3,5-6H,4,7-12H2,1-2H3,(H2,19,20,21). The van der Waals surface area contributed by atoms with Gasteiger partial charge in [0.15, 0.2) is 17.6 Å². The predicted octanol–water partition coefficient (Wildman–Crippen LogP) is 1.73. The minimum Gasteiger partial charge on any atom is -0.382 e. The molecule has 1 aromatic carbocycles. The molecule has 0 atom stereocenters. The van der Waals surface area contributed by atoms with Crippen molar-refractivity contribution < 1.29 is 18.3 Å². The van der Waals surface area contributed by atoms with E-state index in [0.29, 0.717) is 50.9 Å². The molecule has 0 aliphatic carbocycles. The van der Waals surface area contributed by atoms with Gasteiger partial charge in [0.2, 0.25) is 0 Å². The van der Waals surface area contributed by atoms with E-state index in [4.69, 9.17) is 9.47 Å². The van der Waals surface area contributed by atoms with Gasteiger partial charge in [-0.3, -0.25) is 4.99 Å². The summed E-state index contributed by atoms with van der Waals surface area (Å²) in [6, 6.07) is 4.19. The number of benzene rings is 1. The van der Waals surface area contributed by atoms with Gasteiger partial charge in [-0.15, -0.1) is 0 Å². The summed E-state index contributed by atoms with van der Waals surface area (Å²) < 4.78 is 36.8. The number of rotatable bonds is 10. The van der Waals surface area contributed by atoms with E-state index in [9.17, 15) is 8.78 Å². The van der Waals surface area contributed by atoms with Gasteiger partial charge in [-0.2, -0.15) is 0 Å². The highest BCUT2D eigenvalue weighted by atomic mass is 19.2. The van der Waals surface area contributed by atoms with Gasteiger partial charge in [0.25, 0.3) is 0 Å². The van der Waals surface area contributed by atoms with Crippen LogP contribution in [-0.4, -0.2) is 53.0 Å². The summed E-state index contributed by atoms with van der Waals surface area (Å²) in [5, 5.41) is 6.20. The minimum absolute atomic E-state index is 0.347. The smallest absolute Gasteiger partial charge is 0.190 e. The molecule has 0 bridgehead atoms. The summed E-state index contributed by atoms with van der Waals surface area (Å²) in [6.45, 7) is 2.99. The first-order valence-electron chi connectivity index (χ1n) is 7.63. The average molecular weight is 329 g/mol. The first-order valence-corrected chi connectivity index (χ1v) is 7.63. The quantitative estimate of drug-likeness (QED) is 0.390. The zero-order valence-corrected chi connectivity index (χ0v) is 13.7. The van der Waals surface area contributed by atoms with Crippen LogP contribution in [0.1, 0.15) is 12.0 Å². The van der Waals surface area contributed by atoms with Crippen LogP contribution in [0.15, 0.2) is 23.2 Å². The first-order chi connectivity index (χ1) is 11.2. The Bertz CT molecular complexity index is 484. The second-order valence-corrected chi connectivity index (χ2v) is 4.85. The van der Waals surface area contributed by atoms with E-state index in [1.165, 1.54) is 6.07 Å². The minimum atomic E-state index is -0.821. The normalized spacial score (nSPS) is 11.6. The molecule has 0 fully saturated rings. The lowest BCUT2D eigenvalue weighted by Gasteiger charge is -2.12. The highest BCUT2D eigenvalue weighted by Crippen LogP contribution is 2.11. The molecule has 1 aromatic rings. The monoisotopic (exact) mass is 329 g/mol. The van der Waals surface area contributed by atoms with Crippen LogP contribution in [0.5, 0.6) is 0 Å². The summed E-state index contributed by atoms with van der Waals surface area (Å²) in [6.07, 6.45) is 1.22. The van der Waals surface area contributed by atoms with Crippen LogP contribution >= 0.6 is 0 Å². The highest BCUT2D eigenvalue weighted by molar-refractivity contribution is 5.79. The third-order valence-corrected chi connectivity index (χ3v) is 3.13. The maximum atomic E-state index is 13.5. The highest BCUT2D eigenvalue weighted by Gasteiger charge is 2.07. The summed E-state index contributed by atoms with van der Waals surface area (Å²) in [5.74, 6) is -0.984. The molecule has 1 rings (SSSR count). The van der Waals surface area contributed by atoms with Crippen molar-refractivity contribution in [3.63, 3.8) is 0 Å². The first kappa shape index (κ1) is 19.3.